The molecule has 0 saturated heterocycles. The topological polar surface area (TPSA) is 107 Å². The van der Waals surface area contributed by atoms with Crippen LogP contribution < -0.4 is 23.9 Å². The molecule has 3 aromatic carbocycles. The summed E-state index contributed by atoms with van der Waals surface area (Å²) < 4.78 is 43.9. The van der Waals surface area contributed by atoms with Crippen molar-refractivity contribution in [2.75, 3.05) is 31.7 Å². The molecule has 35 heavy (non-hydrogen) atoms. The molecule has 1 amide bonds. The summed E-state index contributed by atoms with van der Waals surface area (Å²) in [7, 11) is -1.20. The molecule has 0 aliphatic rings. The molecule has 0 aliphatic carbocycles. The third kappa shape index (κ3) is 6.51. The minimum atomic E-state index is -4.10. The quantitative estimate of drug-likeness (QED) is 0.321. The van der Waals surface area contributed by atoms with Gasteiger partial charge in [0, 0.05) is 6.07 Å². The lowest BCUT2D eigenvalue weighted by atomic mass is 10.2. The van der Waals surface area contributed by atoms with Crippen LogP contribution in [-0.4, -0.2) is 47.9 Å². The second-order valence-electron chi connectivity index (χ2n) is 7.16. The summed E-state index contributed by atoms with van der Waals surface area (Å²) in [6.07, 6.45) is 1.46. The molecule has 10 heteroatoms. The maximum Gasteiger partial charge on any atom is 0.264 e. The lowest BCUT2D eigenvalue weighted by Gasteiger charge is -2.25. The lowest BCUT2D eigenvalue weighted by Crippen LogP contribution is -2.39. The Labute approximate surface area is 205 Å². The largest absolute Gasteiger partial charge is 0.497 e. The van der Waals surface area contributed by atoms with E-state index in [0.717, 1.165) is 15.6 Å². The first-order valence-electron chi connectivity index (χ1n) is 10.7. The highest BCUT2D eigenvalue weighted by Crippen LogP contribution is 2.35. The molecule has 0 spiro atoms. The van der Waals surface area contributed by atoms with Gasteiger partial charge in [0.25, 0.3) is 15.9 Å². The number of anilines is 1. The predicted molar refractivity (Wildman–Crippen MR) is 134 cm³/mol. The number of hydrogen-bond donors (Lipinski definition) is 1. The molecule has 0 aromatic heterocycles. The van der Waals surface area contributed by atoms with E-state index in [4.69, 9.17) is 14.2 Å². The van der Waals surface area contributed by atoms with Gasteiger partial charge in [0.15, 0.2) is 0 Å². The fraction of sp³-hybridized carbons (Fsp3) is 0.200. The molecule has 0 atom stereocenters. The van der Waals surface area contributed by atoms with Gasteiger partial charge in [0.2, 0.25) is 0 Å². The first-order valence-corrected chi connectivity index (χ1v) is 12.2. The van der Waals surface area contributed by atoms with Gasteiger partial charge in [-0.05, 0) is 61.0 Å². The molecule has 0 unspecified atom stereocenters. The first kappa shape index (κ1) is 25.6. The van der Waals surface area contributed by atoms with Crippen molar-refractivity contribution in [3.63, 3.8) is 0 Å². The van der Waals surface area contributed by atoms with Crippen LogP contribution in [0.2, 0.25) is 0 Å². The van der Waals surface area contributed by atoms with Gasteiger partial charge < -0.3 is 14.2 Å². The highest BCUT2D eigenvalue weighted by atomic mass is 32.2. The number of methoxy groups -OCH3 is 2. The van der Waals surface area contributed by atoms with Crippen LogP contribution >= 0.6 is 0 Å². The third-order valence-electron chi connectivity index (χ3n) is 4.87. The number of benzene rings is 3. The van der Waals surface area contributed by atoms with E-state index < -0.39 is 22.5 Å². The normalized spacial score (nSPS) is 11.2. The average Bonchev–Trinajstić information content (AvgIpc) is 2.88. The summed E-state index contributed by atoms with van der Waals surface area (Å²) in [4.78, 5) is 12.8. The summed E-state index contributed by atoms with van der Waals surface area (Å²) in [6.45, 7) is 1.93. The van der Waals surface area contributed by atoms with E-state index in [-0.39, 0.29) is 16.3 Å². The SMILES string of the molecule is CCOc1ccc(/C=N\NC(=O)CN(c2ccc(OC)cc2OC)S(=O)(=O)c2ccccc2)cc1. The van der Waals surface area contributed by atoms with Crippen molar-refractivity contribution in [1.82, 2.24) is 5.43 Å². The summed E-state index contributed by atoms with van der Waals surface area (Å²) in [5.74, 6) is 0.801. The molecule has 0 aliphatic heterocycles. The van der Waals surface area contributed by atoms with E-state index in [1.54, 1.807) is 54.6 Å². The van der Waals surface area contributed by atoms with E-state index in [0.29, 0.717) is 12.4 Å². The van der Waals surface area contributed by atoms with Gasteiger partial charge in [0.1, 0.15) is 23.8 Å². The van der Waals surface area contributed by atoms with Crippen molar-refractivity contribution >= 4 is 27.8 Å². The monoisotopic (exact) mass is 497 g/mol. The van der Waals surface area contributed by atoms with Crippen LogP contribution in [0.1, 0.15) is 12.5 Å². The molecular formula is C25H27N3O6S. The zero-order valence-electron chi connectivity index (χ0n) is 19.7. The average molecular weight is 498 g/mol. The zero-order valence-corrected chi connectivity index (χ0v) is 20.5. The molecule has 0 heterocycles. The highest BCUT2D eigenvalue weighted by molar-refractivity contribution is 7.92. The van der Waals surface area contributed by atoms with Crippen molar-refractivity contribution in [1.29, 1.82) is 0 Å². The van der Waals surface area contributed by atoms with Crippen LogP contribution in [0.4, 0.5) is 5.69 Å². The number of hydrazone groups is 1. The summed E-state index contributed by atoms with van der Waals surface area (Å²) in [5.41, 5.74) is 3.30. The van der Waals surface area contributed by atoms with Crippen LogP contribution in [0.5, 0.6) is 17.2 Å². The predicted octanol–water partition coefficient (Wildman–Crippen LogP) is 3.45. The van der Waals surface area contributed by atoms with E-state index in [9.17, 15) is 13.2 Å². The van der Waals surface area contributed by atoms with E-state index in [1.165, 1.54) is 38.6 Å². The maximum absolute atomic E-state index is 13.5. The van der Waals surface area contributed by atoms with Gasteiger partial charge in [-0.3, -0.25) is 9.10 Å². The summed E-state index contributed by atoms with van der Waals surface area (Å²) in [5, 5.41) is 3.95. The Morgan fingerprint density at radius 2 is 1.66 bits per heavy atom. The molecule has 0 fully saturated rings. The van der Waals surface area contributed by atoms with Crippen LogP contribution in [0, 0.1) is 0 Å². The minimum Gasteiger partial charge on any atom is -0.497 e. The number of carbonyl (C=O) groups is 1. The Kier molecular flexibility index (Phi) is 8.69. The Bertz CT molecular complexity index is 1260. The van der Waals surface area contributed by atoms with Crippen molar-refractivity contribution in [2.45, 2.75) is 11.8 Å². The standard InChI is InChI=1S/C25H27N3O6S/c1-4-34-20-12-10-19(11-13-20)17-26-27-25(29)18-28(35(30,31)22-8-6-5-7-9-22)23-15-14-21(32-2)16-24(23)33-3/h5-17H,4,18H2,1-3H3,(H,27,29)/b26-17-. The molecule has 3 aromatic rings. The Balaban J connectivity index is 1.85. The number of amides is 1. The summed E-state index contributed by atoms with van der Waals surface area (Å²) >= 11 is 0. The number of carbonyl (C=O) groups excluding carboxylic acids is 1. The van der Waals surface area contributed by atoms with Crippen molar-refractivity contribution in [3.8, 4) is 17.2 Å². The molecule has 3 rings (SSSR count). The number of nitrogens with zero attached hydrogens (tertiary/aromatic N) is 2. The van der Waals surface area contributed by atoms with Gasteiger partial charge in [-0.2, -0.15) is 5.10 Å². The van der Waals surface area contributed by atoms with Crippen molar-refractivity contribution < 1.29 is 27.4 Å². The van der Waals surface area contributed by atoms with E-state index >= 15 is 0 Å². The number of nitrogens with one attached hydrogen (secondary N) is 1. The molecule has 1 N–H and O–H groups in total. The van der Waals surface area contributed by atoms with Crippen LogP contribution in [0.25, 0.3) is 0 Å². The smallest absolute Gasteiger partial charge is 0.264 e. The minimum absolute atomic E-state index is 0.0311. The van der Waals surface area contributed by atoms with Crippen LogP contribution in [0.15, 0.2) is 82.8 Å². The highest BCUT2D eigenvalue weighted by Gasteiger charge is 2.29. The van der Waals surface area contributed by atoms with Crippen molar-refractivity contribution in [2.24, 2.45) is 5.10 Å². The second-order valence-corrected chi connectivity index (χ2v) is 9.02. The fourth-order valence-electron chi connectivity index (χ4n) is 3.17. The van der Waals surface area contributed by atoms with Gasteiger partial charge in [-0.1, -0.05) is 18.2 Å². The third-order valence-corrected chi connectivity index (χ3v) is 6.64. The van der Waals surface area contributed by atoms with Crippen LogP contribution in [0.3, 0.4) is 0 Å². The van der Waals surface area contributed by atoms with Gasteiger partial charge in [-0.25, -0.2) is 13.8 Å². The second kappa shape index (κ2) is 11.9. The number of rotatable bonds is 11. The van der Waals surface area contributed by atoms with Gasteiger partial charge in [0.05, 0.1) is 37.6 Å². The Hall–Kier alpha value is -4.05. The number of hydrogen-bond acceptors (Lipinski definition) is 7. The van der Waals surface area contributed by atoms with Crippen molar-refractivity contribution in [3.05, 3.63) is 78.4 Å². The fourth-order valence-corrected chi connectivity index (χ4v) is 4.62. The molecule has 0 saturated carbocycles. The first-order chi connectivity index (χ1) is 16.9. The Morgan fingerprint density at radius 1 is 0.971 bits per heavy atom. The summed E-state index contributed by atoms with van der Waals surface area (Å²) in [6, 6.07) is 19.7. The van der Waals surface area contributed by atoms with E-state index in [1.807, 2.05) is 6.92 Å². The molecule has 184 valence electrons. The number of ether oxygens (including phenoxy) is 3. The molecule has 0 bridgehead atoms. The maximum atomic E-state index is 13.5. The lowest BCUT2D eigenvalue weighted by molar-refractivity contribution is -0.119. The zero-order chi connectivity index (χ0) is 25.3. The van der Waals surface area contributed by atoms with Gasteiger partial charge >= 0.3 is 0 Å². The molecular weight excluding hydrogens is 470 g/mol. The number of sulfonamides is 1. The van der Waals surface area contributed by atoms with E-state index in [2.05, 4.69) is 10.5 Å². The molecule has 0 radical (unpaired) electrons. The molecule has 9 nitrogen and oxygen atoms in total. The van der Waals surface area contributed by atoms with Gasteiger partial charge in [-0.15, -0.1) is 0 Å². The Morgan fingerprint density at radius 3 is 2.29 bits per heavy atom. The van der Waals surface area contributed by atoms with Crippen LogP contribution in [-0.2, 0) is 14.8 Å².